The number of benzene rings is 1. The molecule has 3 heterocycles. The highest BCUT2D eigenvalue weighted by molar-refractivity contribution is 7.98. The van der Waals surface area contributed by atoms with Gasteiger partial charge in [0.15, 0.2) is 6.61 Å². The summed E-state index contributed by atoms with van der Waals surface area (Å²) in [7, 11) is 0. The first-order valence-corrected chi connectivity index (χ1v) is 11.6. The van der Waals surface area contributed by atoms with Crippen molar-refractivity contribution in [2.45, 2.75) is 24.5 Å². The number of nitrogens with zero attached hydrogens (tertiary/aromatic N) is 5. The Hall–Kier alpha value is -3.40. The van der Waals surface area contributed by atoms with E-state index in [2.05, 4.69) is 15.1 Å². The fourth-order valence-electron chi connectivity index (χ4n) is 3.53. The van der Waals surface area contributed by atoms with E-state index in [4.69, 9.17) is 9.26 Å². The molecule has 3 aromatic rings. The fourth-order valence-corrected chi connectivity index (χ4v) is 4.72. The fraction of sp³-hybridized carbons (Fsp3) is 0.348. The zero-order valence-corrected chi connectivity index (χ0v) is 19.4. The van der Waals surface area contributed by atoms with Crippen molar-refractivity contribution in [3.63, 3.8) is 0 Å². The quantitative estimate of drug-likeness (QED) is 0.383. The number of hydrogen-bond acceptors (Lipinski definition) is 9. The first-order chi connectivity index (χ1) is 16.0. The molecular weight excluding hydrogens is 442 g/mol. The maximum Gasteiger partial charge on any atom is 0.339 e. The Morgan fingerprint density at radius 1 is 1.06 bits per heavy atom. The van der Waals surface area contributed by atoms with Crippen LogP contribution in [0.1, 0.15) is 27.4 Å². The Bertz CT molecular complexity index is 1090. The van der Waals surface area contributed by atoms with Crippen molar-refractivity contribution in [1.82, 2.24) is 20.0 Å². The summed E-state index contributed by atoms with van der Waals surface area (Å²) in [5, 5.41) is 3.97. The summed E-state index contributed by atoms with van der Waals surface area (Å²) in [5.74, 6) is 1.32. The average Bonchev–Trinajstić information content (AvgIpc) is 3.18. The van der Waals surface area contributed by atoms with E-state index in [0.29, 0.717) is 43.4 Å². The summed E-state index contributed by atoms with van der Waals surface area (Å²) in [6.07, 6.45) is 3.40. The van der Waals surface area contributed by atoms with E-state index in [0.717, 1.165) is 21.9 Å². The van der Waals surface area contributed by atoms with Crippen molar-refractivity contribution in [1.29, 1.82) is 0 Å². The minimum atomic E-state index is -0.512. The second-order valence-corrected chi connectivity index (χ2v) is 8.60. The van der Waals surface area contributed by atoms with Gasteiger partial charge in [-0.1, -0.05) is 17.3 Å². The van der Waals surface area contributed by atoms with Crippen LogP contribution in [-0.2, 0) is 15.3 Å². The highest BCUT2D eigenvalue weighted by Gasteiger charge is 2.24. The van der Waals surface area contributed by atoms with Gasteiger partial charge in [0.1, 0.15) is 5.76 Å². The highest BCUT2D eigenvalue weighted by Crippen LogP contribution is 2.29. The molecule has 1 aliphatic heterocycles. The first-order valence-electron chi connectivity index (χ1n) is 10.6. The minimum Gasteiger partial charge on any atom is -0.452 e. The summed E-state index contributed by atoms with van der Waals surface area (Å²) < 4.78 is 10.6. The molecule has 0 radical (unpaired) electrons. The van der Waals surface area contributed by atoms with E-state index in [1.54, 1.807) is 35.5 Å². The number of carbonyl (C=O) groups is 2. The van der Waals surface area contributed by atoms with Gasteiger partial charge >= 0.3 is 5.97 Å². The molecule has 0 saturated carbocycles. The van der Waals surface area contributed by atoms with Gasteiger partial charge in [0.2, 0.25) is 5.95 Å². The van der Waals surface area contributed by atoms with Crippen molar-refractivity contribution in [3.05, 3.63) is 65.3 Å². The maximum atomic E-state index is 12.7. The van der Waals surface area contributed by atoms with Gasteiger partial charge in [0.05, 0.1) is 11.3 Å². The second-order valence-electron chi connectivity index (χ2n) is 7.58. The number of carbonyl (C=O) groups excluding carboxylic acids is 2. The zero-order chi connectivity index (χ0) is 23.2. The number of thioether (sulfide) groups is 1. The summed E-state index contributed by atoms with van der Waals surface area (Å²) in [6, 6.07) is 9.00. The topological polar surface area (TPSA) is 102 Å². The molecular formula is C23H25N5O4S. The van der Waals surface area contributed by atoms with Gasteiger partial charge in [-0.2, -0.15) is 0 Å². The van der Waals surface area contributed by atoms with Crippen LogP contribution in [0.5, 0.6) is 0 Å². The third-order valence-corrected chi connectivity index (χ3v) is 6.55. The molecule has 0 bridgehead atoms. The zero-order valence-electron chi connectivity index (χ0n) is 18.6. The van der Waals surface area contributed by atoms with Crippen LogP contribution in [0.3, 0.4) is 0 Å². The Morgan fingerprint density at radius 2 is 1.79 bits per heavy atom. The number of hydrogen-bond donors (Lipinski definition) is 0. The number of piperazine rings is 1. The standard InChI is InChI=1S/C23H25N5O4S/c1-16-19(17(2)32-26-16)15-33-20-7-4-3-6-18(20)22(30)31-14-21(29)27-10-12-28(13-11-27)23-24-8-5-9-25-23/h3-9H,10-15H2,1-2H3. The lowest BCUT2D eigenvalue weighted by molar-refractivity contribution is -0.134. The molecule has 1 fully saturated rings. The van der Waals surface area contributed by atoms with Crippen molar-refractivity contribution < 1.29 is 18.8 Å². The molecule has 0 unspecified atom stereocenters. The molecule has 0 N–H and O–H groups in total. The lowest BCUT2D eigenvalue weighted by atomic mass is 10.2. The number of esters is 1. The van der Waals surface area contributed by atoms with E-state index in [1.807, 2.05) is 30.9 Å². The van der Waals surface area contributed by atoms with Gasteiger partial charge in [-0.25, -0.2) is 14.8 Å². The van der Waals surface area contributed by atoms with Crippen molar-refractivity contribution >= 4 is 29.6 Å². The molecule has 172 valence electrons. The number of aromatic nitrogens is 3. The van der Waals surface area contributed by atoms with Crippen molar-refractivity contribution in [3.8, 4) is 0 Å². The molecule has 9 nitrogen and oxygen atoms in total. The molecule has 33 heavy (non-hydrogen) atoms. The Morgan fingerprint density at radius 3 is 2.48 bits per heavy atom. The van der Waals surface area contributed by atoms with Gasteiger partial charge < -0.3 is 19.1 Å². The summed E-state index contributed by atoms with van der Waals surface area (Å²) >= 11 is 1.51. The van der Waals surface area contributed by atoms with Crippen molar-refractivity contribution in [2.75, 3.05) is 37.7 Å². The number of anilines is 1. The maximum absolute atomic E-state index is 12.7. The van der Waals surface area contributed by atoms with E-state index < -0.39 is 5.97 Å². The van der Waals surface area contributed by atoms with E-state index in [9.17, 15) is 9.59 Å². The number of aryl methyl sites for hydroxylation is 2. The van der Waals surface area contributed by atoms with Crippen LogP contribution >= 0.6 is 11.8 Å². The molecule has 4 rings (SSSR count). The van der Waals surface area contributed by atoms with E-state index >= 15 is 0 Å². The normalized spacial score (nSPS) is 13.8. The van der Waals surface area contributed by atoms with Gasteiger partial charge in [0, 0.05) is 54.8 Å². The van der Waals surface area contributed by atoms with E-state index in [1.165, 1.54) is 11.8 Å². The van der Waals surface area contributed by atoms with Crippen LogP contribution in [0.15, 0.2) is 52.1 Å². The van der Waals surface area contributed by atoms with Crippen LogP contribution in [0, 0.1) is 13.8 Å². The average molecular weight is 468 g/mol. The molecule has 2 aromatic heterocycles. The van der Waals surface area contributed by atoms with Gasteiger partial charge in [0.25, 0.3) is 5.91 Å². The Kier molecular flexibility index (Phi) is 7.23. The van der Waals surface area contributed by atoms with Crippen LogP contribution < -0.4 is 4.90 Å². The molecule has 0 atom stereocenters. The Balaban J connectivity index is 1.30. The molecule has 1 aliphatic rings. The van der Waals surface area contributed by atoms with Crippen molar-refractivity contribution in [2.24, 2.45) is 0 Å². The minimum absolute atomic E-state index is 0.210. The molecule has 1 amide bonds. The van der Waals surface area contributed by atoms with Gasteiger partial charge in [-0.15, -0.1) is 11.8 Å². The Labute approximate surface area is 196 Å². The van der Waals surface area contributed by atoms with Crippen LogP contribution in [0.4, 0.5) is 5.95 Å². The largest absolute Gasteiger partial charge is 0.452 e. The molecule has 0 spiro atoms. The van der Waals surface area contributed by atoms with Crippen LogP contribution in [0.2, 0.25) is 0 Å². The lowest BCUT2D eigenvalue weighted by Crippen LogP contribution is -2.50. The molecule has 1 saturated heterocycles. The predicted molar refractivity (Wildman–Crippen MR) is 123 cm³/mol. The predicted octanol–water partition coefficient (Wildman–Crippen LogP) is 2.88. The smallest absolute Gasteiger partial charge is 0.339 e. The van der Waals surface area contributed by atoms with Crippen LogP contribution in [0.25, 0.3) is 0 Å². The number of amides is 1. The number of ether oxygens (including phenoxy) is 1. The third kappa shape index (κ3) is 5.51. The van der Waals surface area contributed by atoms with Gasteiger partial charge in [-0.05, 0) is 32.0 Å². The number of rotatable bonds is 7. The molecule has 1 aromatic carbocycles. The van der Waals surface area contributed by atoms with Crippen LogP contribution in [-0.4, -0.2) is 64.7 Å². The summed E-state index contributed by atoms with van der Waals surface area (Å²) in [4.78, 5) is 38.3. The molecule has 0 aliphatic carbocycles. The lowest BCUT2D eigenvalue weighted by Gasteiger charge is -2.34. The monoisotopic (exact) mass is 467 g/mol. The third-order valence-electron chi connectivity index (χ3n) is 5.45. The SMILES string of the molecule is Cc1noc(C)c1CSc1ccccc1C(=O)OCC(=O)N1CCN(c2ncccn2)CC1. The summed E-state index contributed by atoms with van der Waals surface area (Å²) in [6.45, 7) is 5.79. The van der Waals surface area contributed by atoms with Gasteiger partial charge in [-0.3, -0.25) is 4.79 Å². The van der Waals surface area contributed by atoms with E-state index in [-0.39, 0.29) is 12.5 Å². The molecule has 10 heteroatoms. The highest BCUT2D eigenvalue weighted by atomic mass is 32.2. The first kappa shape index (κ1) is 22.8. The summed E-state index contributed by atoms with van der Waals surface area (Å²) in [5.41, 5.74) is 2.29. The second kappa shape index (κ2) is 10.5.